The molecule has 0 radical (unpaired) electrons. The molecule has 114 valence electrons. The van der Waals surface area contributed by atoms with Crippen molar-refractivity contribution in [1.29, 1.82) is 0 Å². The maximum absolute atomic E-state index is 12.5. The van der Waals surface area contributed by atoms with E-state index in [0.717, 1.165) is 36.5 Å². The molecule has 4 bridgehead atoms. The minimum Gasteiger partial charge on any atom is -0.342 e. The number of nitrogens with zero attached hydrogens (tertiary/aromatic N) is 1. The van der Waals surface area contributed by atoms with Crippen LogP contribution in [0, 0.1) is 23.7 Å². The molecule has 2 N–H and O–H groups in total. The molecule has 0 saturated heterocycles. The van der Waals surface area contributed by atoms with Gasteiger partial charge in [-0.15, -0.1) is 0 Å². The summed E-state index contributed by atoms with van der Waals surface area (Å²) in [7, 11) is 2.04. The van der Waals surface area contributed by atoms with Gasteiger partial charge in [0, 0.05) is 25.6 Å². The zero-order valence-electron chi connectivity index (χ0n) is 13.1. The van der Waals surface area contributed by atoms with Crippen LogP contribution in [0.3, 0.4) is 0 Å². The lowest BCUT2D eigenvalue weighted by Crippen LogP contribution is -2.56. The minimum atomic E-state index is 0.0479. The van der Waals surface area contributed by atoms with E-state index in [1.807, 2.05) is 7.05 Å². The zero-order chi connectivity index (χ0) is 14.3. The Hall–Kier alpha value is -0.570. The molecule has 20 heavy (non-hydrogen) atoms. The van der Waals surface area contributed by atoms with Crippen LogP contribution < -0.4 is 5.73 Å². The molecule has 0 aromatic carbocycles. The number of amides is 1. The molecule has 1 amide bonds. The van der Waals surface area contributed by atoms with Crippen LogP contribution in [0.1, 0.15) is 58.3 Å². The van der Waals surface area contributed by atoms with Gasteiger partial charge in [-0.25, -0.2) is 0 Å². The highest BCUT2D eigenvalue weighted by atomic mass is 16.2. The first-order valence-corrected chi connectivity index (χ1v) is 8.59. The lowest BCUT2D eigenvalue weighted by molar-refractivity contribution is -0.141. The van der Waals surface area contributed by atoms with Gasteiger partial charge >= 0.3 is 0 Å². The van der Waals surface area contributed by atoms with Crippen molar-refractivity contribution >= 4 is 5.91 Å². The fraction of sp³-hybridized carbons (Fsp3) is 0.941. The molecule has 4 aliphatic carbocycles. The molecule has 1 atom stereocenters. The monoisotopic (exact) mass is 278 g/mol. The van der Waals surface area contributed by atoms with E-state index in [-0.39, 0.29) is 11.9 Å². The van der Waals surface area contributed by atoms with Crippen LogP contribution in [-0.4, -0.2) is 29.9 Å². The summed E-state index contributed by atoms with van der Waals surface area (Å²) in [4.78, 5) is 14.6. The second-order valence-electron chi connectivity index (χ2n) is 7.68. The highest BCUT2D eigenvalue weighted by Gasteiger charge is 2.50. The summed E-state index contributed by atoms with van der Waals surface area (Å²) >= 11 is 0. The first-order chi connectivity index (χ1) is 9.58. The standard InChI is InChI=1S/C17H30N2O/c1-3-4-15(18)10-16(20)19(2)17-13-6-11-5-12(8-13)9-14(17)7-11/h11-15,17H,3-10,18H2,1-2H3. The van der Waals surface area contributed by atoms with Gasteiger partial charge in [-0.2, -0.15) is 0 Å². The first kappa shape index (κ1) is 14.4. The van der Waals surface area contributed by atoms with Gasteiger partial charge in [0.25, 0.3) is 0 Å². The third kappa shape index (κ3) is 2.61. The van der Waals surface area contributed by atoms with Crippen molar-refractivity contribution in [2.24, 2.45) is 29.4 Å². The Morgan fingerprint density at radius 3 is 2.20 bits per heavy atom. The third-order valence-corrected chi connectivity index (χ3v) is 6.11. The first-order valence-electron chi connectivity index (χ1n) is 8.59. The van der Waals surface area contributed by atoms with E-state index in [2.05, 4.69) is 11.8 Å². The van der Waals surface area contributed by atoms with Gasteiger partial charge < -0.3 is 10.6 Å². The van der Waals surface area contributed by atoms with Crippen molar-refractivity contribution in [1.82, 2.24) is 4.90 Å². The Bertz CT molecular complexity index is 340. The van der Waals surface area contributed by atoms with E-state index < -0.39 is 0 Å². The molecule has 3 nitrogen and oxygen atoms in total. The fourth-order valence-corrected chi connectivity index (χ4v) is 5.54. The molecule has 0 aromatic rings. The van der Waals surface area contributed by atoms with E-state index in [9.17, 15) is 4.79 Å². The lowest BCUT2D eigenvalue weighted by atomic mass is 9.54. The van der Waals surface area contributed by atoms with Crippen LogP contribution >= 0.6 is 0 Å². The molecule has 4 aliphatic rings. The van der Waals surface area contributed by atoms with Crippen molar-refractivity contribution in [3.63, 3.8) is 0 Å². The largest absolute Gasteiger partial charge is 0.342 e. The smallest absolute Gasteiger partial charge is 0.224 e. The van der Waals surface area contributed by atoms with Gasteiger partial charge in [0.05, 0.1) is 0 Å². The minimum absolute atomic E-state index is 0.0479. The average molecular weight is 278 g/mol. The van der Waals surface area contributed by atoms with E-state index in [1.165, 1.54) is 32.1 Å². The quantitative estimate of drug-likeness (QED) is 0.840. The summed E-state index contributed by atoms with van der Waals surface area (Å²) in [6, 6.07) is 0.566. The highest BCUT2D eigenvalue weighted by Crippen LogP contribution is 2.54. The van der Waals surface area contributed by atoms with Gasteiger partial charge in [0.15, 0.2) is 0 Å². The molecular formula is C17H30N2O. The number of rotatable bonds is 5. The van der Waals surface area contributed by atoms with Crippen LogP contribution in [0.25, 0.3) is 0 Å². The van der Waals surface area contributed by atoms with Gasteiger partial charge in [-0.3, -0.25) is 4.79 Å². The number of nitrogens with two attached hydrogens (primary N) is 1. The van der Waals surface area contributed by atoms with Gasteiger partial charge in [0.1, 0.15) is 0 Å². The van der Waals surface area contributed by atoms with Crippen LogP contribution in [0.15, 0.2) is 0 Å². The molecule has 3 heteroatoms. The number of carbonyl (C=O) groups excluding carboxylic acids is 1. The van der Waals surface area contributed by atoms with Crippen molar-refractivity contribution in [3.8, 4) is 0 Å². The van der Waals surface area contributed by atoms with E-state index >= 15 is 0 Å². The molecule has 4 rings (SSSR count). The molecule has 0 aromatic heterocycles. The Balaban J connectivity index is 1.62. The highest BCUT2D eigenvalue weighted by molar-refractivity contribution is 5.77. The SMILES string of the molecule is CCCC(N)CC(=O)N(C)C1C2CC3CC(C2)CC1C3. The molecule has 0 aliphatic heterocycles. The van der Waals surface area contributed by atoms with Gasteiger partial charge in [-0.05, 0) is 62.2 Å². The van der Waals surface area contributed by atoms with Crippen LogP contribution in [0.5, 0.6) is 0 Å². The average Bonchev–Trinajstić information content (AvgIpc) is 2.37. The third-order valence-electron chi connectivity index (χ3n) is 6.11. The summed E-state index contributed by atoms with van der Waals surface area (Å²) < 4.78 is 0. The maximum Gasteiger partial charge on any atom is 0.224 e. The van der Waals surface area contributed by atoms with E-state index in [0.29, 0.717) is 12.5 Å². The Morgan fingerprint density at radius 1 is 1.15 bits per heavy atom. The molecule has 0 heterocycles. The number of hydrogen-bond donors (Lipinski definition) is 1. The van der Waals surface area contributed by atoms with Crippen molar-refractivity contribution in [2.45, 2.75) is 70.4 Å². The maximum atomic E-state index is 12.5. The summed E-state index contributed by atoms with van der Waals surface area (Å²) in [5, 5.41) is 0. The molecule has 4 saturated carbocycles. The van der Waals surface area contributed by atoms with Crippen LogP contribution in [0.2, 0.25) is 0 Å². The number of hydrogen-bond acceptors (Lipinski definition) is 2. The Morgan fingerprint density at radius 2 is 1.70 bits per heavy atom. The normalized spacial score (nSPS) is 39.9. The predicted molar refractivity (Wildman–Crippen MR) is 81.1 cm³/mol. The lowest BCUT2D eigenvalue weighted by Gasteiger charge is -2.56. The molecule has 1 unspecified atom stereocenters. The Labute approximate surface area is 123 Å². The van der Waals surface area contributed by atoms with Crippen molar-refractivity contribution in [2.75, 3.05) is 7.05 Å². The topological polar surface area (TPSA) is 46.3 Å². The summed E-state index contributed by atoms with van der Waals surface area (Å²) in [5.41, 5.74) is 6.05. The zero-order valence-corrected chi connectivity index (χ0v) is 13.1. The van der Waals surface area contributed by atoms with Crippen LogP contribution in [0.4, 0.5) is 0 Å². The second-order valence-corrected chi connectivity index (χ2v) is 7.68. The summed E-state index contributed by atoms with van der Waals surface area (Å²) in [5.74, 6) is 3.79. The van der Waals surface area contributed by atoms with Crippen molar-refractivity contribution < 1.29 is 4.79 Å². The van der Waals surface area contributed by atoms with E-state index in [4.69, 9.17) is 5.73 Å². The molecule has 4 fully saturated rings. The Kier molecular flexibility index (Phi) is 4.07. The van der Waals surface area contributed by atoms with Crippen LogP contribution in [-0.2, 0) is 4.79 Å². The number of carbonyl (C=O) groups is 1. The molecular weight excluding hydrogens is 248 g/mol. The van der Waals surface area contributed by atoms with Crippen molar-refractivity contribution in [3.05, 3.63) is 0 Å². The predicted octanol–water partition coefficient (Wildman–Crippen LogP) is 2.79. The second kappa shape index (κ2) is 5.67. The van der Waals surface area contributed by atoms with Gasteiger partial charge in [0.2, 0.25) is 5.91 Å². The summed E-state index contributed by atoms with van der Waals surface area (Å²) in [6.45, 7) is 2.13. The fourth-order valence-electron chi connectivity index (χ4n) is 5.54. The van der Waals surface area contributed by atoms with E-state index in [1.54, 1.807) is 0 Å². The van der Waals surface area contributed by atoms with Gasteiger partial charge in [-0.1, -0.05) is 13.3 Å². The summed E-state index contributed by atoms with van der Waals surface area (Å²) in [6.07, 6.45) is 9.52. The molecule has 0 spiro atoms.